The van der Waals surface area contributed by atoms with E-state index >= 15 is 0 Å². The first-order valence-corrected chi connectivity index (χ1v) is 4.82. The van der Waals surface area contributed by atoms with Crippen molar-refractivity contribution in [2.45, 2.75) is 18.9 Å². The summed E-state index contributed by atoms with van der Waals surface area (Å²) in [6.07, 6.45) is 5.74. The Morgan fingerprint density at radius 1 is 1.50 bits per heavy atom. The summed E-state index contributed by atoms with van der Waals surface area (Å²) in [6, 6.07) is 2.22. The minimum atomic E-state index is -0.365. The van der Waals surface area contributed by atoms with Crippen LogP contribution in [0.15, 0.2) is 18.5 Å². The van der Waals surface area contributed by atoms with Gasteiger partial charge in [0.25, 0.3) is 0 Å². The number of primary amides is 1. The van der Waals surface area contributed by atoms with Crippen LogP contribution in [0.25, 0.3) is 0 Å². The van der Waals surface area contributed by atoms with Crippen LogP contribution in [0, 0.1) is 0 Å². The molecule has 0 saturated carbocycles. The molecule has 0 radical (unpaired) electrons. The first-order valence-electron chi connectivity index (χ1n) is 4.82. The Bertz CT molecular complexity index is 327. The third-order valence-electron chi connectivity index (χ3n) is 2.61. The number of nitrogens with zero attached hydrogens (tertiary/aromatic N) is 1. The average Bonchev–Trinajstić information content (AvgIpc) is 2.68. The number of ether oxygens (including phenoxy) is 1. The number of carbonyl (C=O) groups excluding carboxylic acids is 1. The molecule has 4 heteroatoms. The van der Waals surface area contributed by atoms with Gasteiger partial charge in [0.1, 0.15) is 0 Å². The lowest BCUT2D eigenvalue weighted by Gasteiger charge is -2.23. The molecular formula is C10H14N2O2. The predicted molar refractivity (Wildman–Crippen MR) is 52.0 cm³/mol. The number of rotatable bonds is 2. The second-order valence-corrected chi connectivity index (χ2v) is 3.56. The monoisotopic (exact) mass is 194 g/mol. The van der Waals surface area contributed by atoms with Crippen molar-refractivity contribution < 1.29 is 9.53 Å². The quantitative estimate of drug-likeness (QED) is 0.761. The van der Waals surface area contributed by atoms with Crippen LogP contribution in [0.3, 0.4) is 0 Å². The summed E-state index contributed by atoms with van der Waals surface area (Å²) in [6.45, 7) is 1.60. The average molecular weight is 194 g/mol. The number of carbonyl (C=O) groups is 1. The number of hydrogen-bond acceptors (Lipinski definition) is 2. The SMILES string of the molecule is NC(=O)c1ccn(C2CCOCC2)c1. The first kappa shape index (κ1) is 9.27. The van der Waals surface area contributed by atoms with E-state index in [1.807, 2.05) is 12.4 Å². The molecule has 4 nitrogen and oxygen atoms in total. The molecule has 0 bridgehead atoms. The Morgan fingerprint density at radius 3 is 2.79 bits per heavy atom. The topological polar surface area (TPSA) is 57.2 Å². The molecule has 0 aromatic carbocycles. The lowest BCUT2D eigenvalue weighted by atomic mass is 10.1. The van der Waals surface area contributed by atoms with Gasteiger partial charge < -0.3 is 15.0 Å². The lowest BCUT2D eigenvalue weighted by molar-refractivity contribution is 0.0696. The van der Waals surface area contributed by atoms with Crippen molar-refractivity contribution in [3.63, 3.8) is 0 Å². The zero-order chi connectivity index (χ0) is 9.97. The molecule has 0 aliphatic carbocycles. The van der Waals surface area contributed by atoms with E-state index in [4.69, 9.17) is 10.5 Å². The molecular weight excluding hydrogens is 180 g/mol. The second-order valence-electron chi connectivity index (χ2n) is 3.56. The molecule has 1 aromatic heterocycles. The van der Waals surface area contributed by atoms with Gasteiger partial charge in [-0.3, -0.25) is 4.79 Å². The standard InChI is InChI=1S/C10H14N2O2/c11-10(13)8-1-4-12(7-8)9-2-5-14-6-3-9/h1,4,7,9H,2-3,5-6H2,(H2,11,13). The van der Waals surface area contributed by atoms with Gasteiger partial charge in [-0.15, -0.1) is 0 Å². The molecule has 2 N–H and O–H groups in total. The Balaban J connectivity index is 2.11. The lowest BCUT2D eigenvalue weighted by Crippen LogP contribution is -2.18. The number of aromatic nitrogens is 1. The molecule has 76 valence electrons. The highest BCUT2D eigenvalue weighted by molar-refractivity contribution is 5.92. The van der Waals surface area contributed by atoms with Gasteiger partial charge in [-0.05, 0) is 18.9 Å². The smallest absolute Gasteiger partial charge is 0.250 e. The van der Waals surface area contributed by atoms with Crippen molar-refractivity contribution in [3.8, 4) is 0 Å². The van der Waals surface area contributed by atoms with Crippen molar-refractivity contribution in [1.29, 1.82) is 0 Å². The normalized spacial score (nSPS) is 18.3. The maximum atomic E-state index is 10.9. The van der Waals surface area contributed by atoms with Crippen molar-refractivity contribution in [3.05, 3.63) is 24.0 Å². The summed E-state index contributed by atoms with van der Waals surface area (Å²) in [5.41, 5.74) is 5.76. The van der Waals surface area contributed by atoms with Crippen LogP contribution in [0.1, 0.15) is 29.2 Å². The Labute approximate surface area is 82.6 Å². The third kappa shape index (κ3) is 1.80. The zero-order valence-electron chi connectivity index (χ0n) is 7.98. The van der Waals surface area contributed by atoms with Crippen LogP contribution >= 0.6 is 0 Å². The number of amides is 1. The summed E-state index contributed by atoms with van der Waals surface area (Å²) in [5, 5.41) is 0. The molecule has 14 heavy (non-hydrogen) atoms. The van der Waals surface area contributed by atoms with Crippen LogP contribution < -0.4 is 5.73 Å². The molecule has 1 saturated heterocycles. The van der Waals surface area contributed by atoms with E-state index in [2.05, 4.69) is 4.57 Å². The van der Waals surface area contributed by atoms with E-state index in [0.29, 0.717) is 11.6 Å². The molecule has 1 aromatic rings. The minimum absolute atomic E-state index is 0.365. The fraction of sp³-hybridized carbons (Fsp3) is 0.500. The second kappa shape index (κ2) is 3.84. The molecule has 1 aliphatic rings. The Morgan fingerprint density at radius 2 is 2.21 bits per heavy atom. The van der Waals surface area contributed by atoms with Gasteiger partial charge in [0.05, 0.1) is 5.56 Å². The highest BCUT2D eigenvalue weighted by Crippen LogP contribution is 2.21. The van der Waals surface area contributed by atoms with Crippen molar-refractivity contribution in [2.24, 2.45) is 5.73 Å². The summed E-state index contributed by atoms with van der Waals surface area (Å²) >= 11 is 0. The van der Waals surface area contributed by atoms with Crippen molar-refractivity contribution >= 4 is 5.91 Å². The van der Waals surface area contributed by atoms with Gasteiger partial charge >= 0.3 is 0 Å². The molecule has 2 heterocycles. The molecule has 0 unspecified atom stereocenters. The Hall–Kier alpha value is -1.29. The number of nitrogens with two attached hydrogens (primary N) is 1. The molecule has 2 rings (SSSR count). The van der Waals surface area contributed by atoms with E-state index < -0.39 is 0 Å². The molecule has 1 aliphatic heterocycles. The predicted octanol–water partition coefficient (Wildman–Crippen LogP) is 0.938. The summed E-state index contributed by atoms with van der Waals surface area (Å²) in [4.78, 5) is 10.9. The van der Waals surface area contributed by atoms with Crippen LogP contribution in [0.4, 0.5) is 0 Å². The van der Waals surface area contributed by atoms with Crippen molar-refractivity contribution in [1.82, 2.24) is 4.57 Å². The van der Waals surface area contributed by atoms with Crippen LogP contribution in [0.2, 0.25) is 0 Å². The van der Waals surface area contributed by atoms with Crippen molar-refractivity contribution in [2.75, 3.05) is 13.2 Å². The third-order valence-corrected chi connectivity index (χ3v) is 2.61. The summed E-state index contributed by atoms with van der Waals surface area (Å²) in [7, 11) is 0. The summed E-state index contributed by atoms with van der Waals surface area (Å²) in [5.74, 6) is -0.365. The van der Waals surface area contributed by atoms with Gasteiger partial charge in [0.15, 0.2) is 0 Å². The largest absolute Gasteiger partial charge is 0.381 e. The van der Waals surface area contributed by atoms with E-state index in [9.17, 15) is 4.79 Å². The van der Waals surface area contributed by atoms with Gasteiger partial charge in [-0.1, -0.05) is 0 Å². The molecule has 1 fully saturated rings. The van der Waals surface area contributed by atoms with Gasteiger partial charge in [-0.2, -0.15) is 0 Å². The van der Waals surface area contributed by atoms with Crippen LogP contribution in [-0.2, 0) is 4.74 Å². The van der Waals surface area contributed by atoms with E-state index in [1.54, 1.807) is 6.07 Å². The highest BCUT2D eigenvalue weighted by atomic mass is 16.5. The van der Waals surface area contributed by atoms with Gasteiger partial charge in [0, 0.05) is 31.6 Å². The van der Waals surface area contributed by atoms with E-state index in [-0.39, 0.29) is 5.91 Å². The van der Waals surface area contributed by atoms with Gasteiger partial charge in [0.2, 0.25) is 5.91 Å². The number of hydrogen-bond donors (Lipinski definition) is 1. The first-order chi connectivity index (χ1) is 6.77. The maximum Gasteiger partial charge on any atom is 0.250 e. The van der Waals surface area contributed by atoms with E-state index in [1.165, 1.54) is 0 Å². The van der Waals surface area contributed by atoms with Crippen LogP contribution in [-0.4, -0.2) is 23.7 Å². The zero-order valence-corrected chi connectivity index (χ0v) is 7.98. The van der Waals surface area contributed by atoms with Gasteiger partial charge in [-0.25, -0.2) is 0 Å². The van der Waals surface area contributed by atoms with E-state index in [0.717, 1.165) is 26.1 Å². The summed E-state index contributed by atoms with van der Waals surface area (Å²) < 4.78 is 7.33. The fourth-order valence-electron chi connectivity index (χ4n) is 1.77. The van der Waals surface area contributed by atoms with Crippen LogP contribution in [0.5, 0.6) is 0 Å². The maximum absolute atomic E-state index is 10.9. The molecule has 0 atom stereocenters. The fourth-order valence-corrected chi connectivity index (χ4v) is 1.77. The Kier molecular flexibility index (Phi) is 2.54. The molecule has 0 spiro atoms. The highest BCUT2D eigenvalue weighted by Gasteiger charge is 2.15. The minimum Gasteiger partial charge on any atom is -0.381 e. The molecule has 1 amide bonds.